The van der Waals surface area contributed by atoms with Crippen LogP contribution in [0, 0.1) is 0 Å². The van der Waals surface area contributed by atoms with Crippen molar-refractivity contribution in [3.63, 3.8) is 0 Å². The lowest BCUT2D eigenvalue weighted by Gasteiger charge is -2.20. The van der Waals surface area contributed by atoms with Crippen LogP contribution in [0.25, 0.3) is 0 Å². The smallest absolute Gasteiger partial charge is 0.423 e. The minimum atomic E-state index is -4.17. The summed E-state index contributed by atoms with van der Waals surface area (Å²) >= 11 is 0.575. The van der Waals surface area contributed by atoms with Crippen molar-refractivity contribution in [2.24, 2.45) is 5.73 Å². The minimum Gasteiger partial charge on any atom is -0.429 e. The van der Waals surface area contributed by atoms with Crippen molar-refractivity contribution in [3.05, 3.63) is 58.7 Å². The zero-order chi connectivity index (χ0) is 24.1. The number of anilines is 1. The number of carbonyl (C=O) groups excluding carboxylic acids is 2. The molecule has 12 heteroatoms. The number of nitrogens with two attached hydrogens (primary N) is 1. The summed E-state index contributed by atoms with van der Waals surface area (Å²) in [6.45, 7) is 1.20. The largest absolute Gasteiger partial charge is 0.429 e. The molecule has 0 spiro atoms. The fraction of sp³-hybridized carbons (Fsp3) is 0.238. The standard InChI is InChI=1S/C21H18F2N2O6S2/c1-10(26)19(28)25-20-16(18(24)27)9-17(32-20)33(29,30)15-4-2-14(3-5-15)31-21(22,23)13-7-11-6-12(11)8-13/h2-5,7,9-10,26H,6,8H2,1H3,(H2,24,27)(H,25,28)/t10-/m1/s1. The van der Waals surface area contributed by atoms with Gasteiger partial charge in [-0.15, -0.1) is 11.3 Å². The van der Waals surface area contributed by atoms with Crippen molar-refractivity contribution in [2.75, 3.05) is 5.32 Å². The number of hydrogen-bond donors (Lipinski definition) is 3. The highest BCUT2D eigenvalue weighted by Crippen LogP contribution is 2.48. The second-order valence-electron chi connectivity index (χ2n) is 7.58. The first kappa shape index (κ1) is 23.1. The number of allylic oxidation sites excluding steroid dienone is 3. The third-order valence-electron chi connectivity index (χ3n) is 5.10. The Kier molecular flexibility index (Phi) is 5.63. The molecular weight excluding hydrogens is 478 g/mol. The number of ether oxygens (including phenoxy) is 1. The monoisotopic (exact) mass is 496 g/mol. The van der Waals surface area contributed by atoms with Crippen LogP contribution in [0.1, 0.15) is 30.1 Å². The summed E-state index contributed by atoms with van der Waals surface area (Å²) in [6, 6.07) is 5.42. The molecule has 4 N–H and O–H groups in total. The van der Waals surface area contributed by atoms with E-state index in [9.17, 15) is 31.9 Å². The molecule has 8 nitrogen and oxygen atoms in total. The highest BCUT2D eigenvalue weighted by Gasteiger charge is 2.43. The maximum Gasteiger partial charge on any atom is 0.423 e. The Hall–Kier alpha value is -3.09. The van der Waals surface area contributed by atoms with Gasteiger partial charge in [0.15, 0.2) is 0 Å². The van der Waals surface area contributed by atoms with Crippen LogP contribution in [0.2, 0.25) is 0 Å². The highest BCUT2D eigenvalue weighted by molar-refractivity contribution is 7.93. The Labute approximate surface area is 191 Å². The van der Waals surface area contributed by atoms with Gasteiger partial charge in [0.25, 0.3) is 11.8 Å². The molecule has 4 rings (SSSR count). The number of halogens is 2. The molecular formula is C21H18F2N2O6S2. The van der Waals surface area contributed by atoms with Gasteiger partial charge in [0.1, 0.15) is 21.1 Å². The Morgan fingerprint density at radius 3 is 2.45 bits per heavy atom. The molecule has 2 amide bonds. The summed E-state index contributed by atoms with van der Waals surface area (Å²) < 4.78 is 59.2. The molecule has 0 fully saturated rings. The van der Waals surface area contributed by atoms with Crippen LogP contribution in [-0.4, -0.2) is 37.6 Å². The lowest BCUT2D eigenvalue weighted by Crippen LogP contribution is -2.27. The summed E-state index contributed by atoms with van der Waals surface area (Å²) in [4.78, 5) is 23.2. The van der Waals surface area contributed by atoms with E-state index in [1.54, 1.807) is 0 Å². The predicted octanol–water partition coefficient (Wildman–Crippen LogP) is 3.00. The molecule has 1 aromatic carbocycles. The highest BCUT2D eigenvalue weighted by atomic mass is 32.2. The molecule has 0 bridgehead atoms. The number of carbonyl (C=O) groups is 2. The molecule has 1 atom stereocenters. The third kappa shape index (κ3) is 4.54. The van der Waals surface area contributed by atoms with E-state index in [0.29, 0.717) is 11.3 Å². The number of primary amides is 1. The van der Waals surface area contributed by atoms with Gasteiger partial charge in [-0.2, -0.15) is 8.78 Å². The molecule has 0 unspecified atom stereocenters. The van der Waals surface area contributed by atoms with Gasteiger partial charge in [0.05, 0.1) is 10.5 Å². The number of benzene rings is 1. The van der Waals surface area contributed by atoms with Gasteiger partial charge in [0.2, 0.25) is 9.84 Å². The van der Waals surface area contributed by atoms with Crippen molar-refractivity contribution in [3.8, 4) is 5.75 Å². The van der Waals surface area contributed by atoms with E-state index in [1.807, 2.05) is 0 Å². The first-order valence-corrected chi connectivity index (χ1v) is 11.9. The number of hydrogen-bond acceptors (Lipinski definition) is 7. The third-order valence-corrected chi connectivity index (χ3v) is 8.39. The minimum absolute atomic E-state index is 0.134. The van der Waals surface area contributed by atoms with Crippen LogP contribution in [0.3, 0.4) is 0 Å². The van der Waals surface area contributed by atoms with Crippen molar-refractivity contribution in [2.45, 2.75) is 41.1 Å². The van der Waals surface area contributed by atoms with Gasteiger partial charge in [-0.05, 0) is 55.3 Å². The lowest BCUT2D eigenvalue weighted by atomic mass is 10.1. The molecule has 2 aliphatic rings. The van der Waals surface area contributed by atoms with E-state index in [2.05, 4.69) is 5.32 Å². The molecule has 1 aromatic heterocycles. The van der Waals surface area contributed by atoms with Crippen molar-refractivity contribution in [1.29, 1.82) is 0 Å². The van der Waals surface area contributed by atoms with Gasteiger partial charge in [-0.3, -0.25) is 9.59 Å². The molecule has 174 valence electrons. The molecule has 2 aromatic rings. The summed E-state index contributed by atoms with van der Waals surface area (Å²) in [6.07, 6.45) is -2.56. The van der Waals surface area contributed by atoms with Crippen molar-refractivity contribution in [1.82, 2.24) is 0 Å². The average molecular weight is 497 g/mol. The molecule has 33 heavy (non-hydrogen) atoms. The molecule has 0 aliphatic heterocycles. The number of alkyl halides is 2. The fourth-order valence-corrected chi connectivity index (χ4v) is 5.98. The number of rotatable bonds is 8. The van der Waals surface area contributed by atoms with Crippen LogP contribution in [0.5, 0.6) is 5.75 Å². The van der Waals surface area contributed by atoms with E-state index >= 15 is 0 Å². The fourth-order valence-electron chi connectivity index (χ4n) is 3.20. The Bertz CT molecular complexity index is 1320. The number of sulfone groups is 1. The van der Waals surface area contributed by atoms with E-state index in [1.165, 1.54) is 13.0 Å². The van der Waals surface area contributed by atoms with Crippen LogP contribution < -0.4 is 15.8 Å². The molecule has 0 saturated carbocycles. The van der Waals surface area contributed by atoms with Crippen molar-refractivity contribution >= 4 is 38.0 Å². The van der Waals surface area contributed by atoms with Gasteiger partial charge in [-0.1, -0.05) is 5.57 Å². The summed E-state index contributed by atoms with van der Waals surface area (Å²) in [7, 11) is -4.17. The Balaban J connectivity index is 1.55. The summed E-state index contributed by atoms with van der Waals surface area (Å²) in [5, 5.41) is 11.5. The van der Waals surface area contributed by atoms with Gasteiger partial charge >= 0.3 is 6.11 Å². The van der Waals surface area contributed by atoms with Crippen LogP contribution >= 0.6 is 11.3 Å². The topological polar surface area (TPSA) is 136 Å². The molecule has 1 heterocycles. The van der Waals surface area contributed by atoms with E-state index in [-0.39, 0.29) is 37.4 Å². The first-order chi connectivity index (χ1) is 15.4. The second kappa shape index (κ2) is 8.04. The van der Waals surface area contributed by atoms with Crippen molar-refractivity contribution < 1.29 is 36.6 Å². The zero-order valence-electron chi connectivity index (χ0n) is 17.1. The lowest BCUT2D eigenvalue weighted by molar-refractivity contribution is -0.143. The Morgan fingerprint density at radius 2 is 1.91 bits per heavy atom. The quantitative estimate of drug-likeness (QED) is 0.514. The Morgan fingerprint density at radius 1 is 1.24 bits per heavy atom. The number of nitrogens with one attached hydrogen (secondary N) is 1. The summed E-state index contributed by atoms with van der Waals surface area (Å²) in [5.74, 6) is -2.05. The van der Waals surface area contributed by atoms with Crippen LogP contribution in [0.15, 0.2) is 62.2 Å². The zero-order valence-corrected chi connectivity index (χ0v) is 18.7. The first-order valence-electron chi connectivity index (χ1n) is 9.65. The van der Waals surface area contributed by atoms with E-state index in [4.69, 9.17) is 10.5 Å². The van der Waals surface area contributed by atoms with Crippen LogP contribution in [-0.2, 0) is 14.6 Å². The van der Waals surface area contributed by atoms with E-state index < -0.39 is 33.9 Å². The normalized spacial score (nSPS) is 16.2. The maximum atomic E-state index is 14.4. The molecule has 2 aliphatic carbocycles. The SMILES string of the molecule is C[C@@H](O)C(=O)Nc1sc(S(=O)(=O)c2ccc(OC(F)(F)C3=CC4=C(C3)C4)cc2)cc1C(N)=O. The number of aliphatic hydroxyl groups is 1. The number of aliphatic hydroxyl groups excluding tert-OH is 1. The number of thiophene rings is 1. The number of amides is 2. The maximum absolute atomic E-state index is 14.4. The average Bonchev–Trinajstić information content (AvgIpc) is 3.13. The molecule has 0 saturated heterocycles. The summed E-state index contributed by atoms with van der Waals surface area (Å²) in [5.41, 5.74) is 6.77. The van der Waals surface area contributed by atoms with Gasteiger partial charge in [-0.25, -0.2) is 8.42 Å². The predicted molar refractivity (Wildman–Crippen MR) is 115 cm³/mol. The molecule has 0 radical (unpaired) electrons. The van der Waals surface area contributed by atoms with E-state index in [0.717, 1.165) is 47.9 Å². The van der Waals surface area contributed by atoms with Gasteiger partial charge < -0.3 is 20.9 Å². The second-order valence-corrected chi connectivity index (χ2v) is 10.8. The van der Waals surface area contributed by atoms with Gasteiger partial charge in [0, 0.05) is 12.0 Å². The van der Waals surface area contributed by atoms with Crippen LogP contribution in [0.4, 0.5) is 13.8 Å².